The fourth-order valence-electron chi connectivity index (χ4n) is 0.902. The summed E-state index contributed by atoms with van der Waals surface area (Å²) in [6.45, 7) is 6.32. The summed E-state index contributed by atoms with van der Waals surface area (Å²) in [6.07, 6.45) is 2.57. The van der Waals surface area contributed by atoms with Gasteiger partial charge in [0.05, 0.1) is 0 Å². The summed E-state index contributed by atoms with van der Waals surface area (Å²) < 4.78 is 8.43. The van der Waals surface area contributed by atoms with Crippen LogP contribution < -0.4 is 0 Å². The van der Waals surface area contributed by atoms with Crippen LogP contribution >= 0.6 is 0 Å². The van der Waals surface area contributed by atoms with Gasteiger partial charge in [0.25, 0.3) is 0 Å². The average Bonchev–Trinajstić information content (AvgIpc) is 2.39. The maximum absolute atomic E-state index is 10.4. The molecule has 0 aromatic heterocycles. The molecular formula is C15H28O8Ti. The van der Waals surface area contributed by atoms with Crippen LogP contribution in [0.3, 0.4) is 0 Å². The van der Waals surface area contributed by atoms with Gasteiger partial charge in [-0.05, 0) is 19.3 Å². The minimum absolute atomic E-state index is 0. The standard InChI is InChI=1S/2C6H10O3.C3H8O2.Ti/c2*1-3-4-6(8)9-5(2)7;4-2-1-3-5;/h2*3-4H2,1-2H3;4-5H,1-3H2;. The third-order valence-electron chi connectivity index (χ3n) is 1.74. The summed E-state index contributed by atoms with van der Waals surface area (Å²) in [5, 5.41) is 15.8. The number of rotatable bonds is 6. The first-order valence-electron chi connectivity index (χ1n) is 7.39. The number of carbonyl (C=O) groups is 4. The van der Waals surface area contributed by atoms with Gasteiger partial charge in [0.15, 0.2) is 0 Å². The Labute approximate surface area is 157 Å². The topological polar surface area (TPSA) is 127 Å². The molecule has 0 saturated carbocycles. The van der Waals surface area contributed by atoms with E-state index < -0.39 is 23.9 Å². The minimum Gasteiger partial charge on any atom is -0.396 e. The molecule has 0 atom stereocenters. The zero-order valence-corrected chi connectivity index (χ0v) is 16.4. The Morgan fingerprint density at radius 2 is 1.04 bits per heavy atom. The number of esters is 4. The maximum atomic E-state index is 10.4. The van der Waals surface area contributed by atoms with E-state index in [1.807, 2.05) is 13.8 Å². The third kappa shape index (κ3) is 37.3. The molecule has 0 aliphatic rings. The molecule has 0 aliphatic carbocycles. The Hall–Kier alpha value is -1.09. The van der Waals surface area contributed by atoms with Crippen molar-refractivity contribution in [2.75, 3.05) is 13.2 Å². The second kappa shape index (κ2) is 24.2. The van der Waals surface area contributed by atoms with Crippen LogP contribution in [-0.2, 0) is 50.4 Å². The Morgan fingerprint density at radius 1 is 0.750 bits per heavy atom. The van der Waals surface area contributed by atoms with Gasteiger partial charge in [0.1, 0.15) is 0 Å². The monoisotopic (exact) mass is 384 g/mol. The van der Waals surface area contributed by atoms with E-state index in [1.54, 1.807) is 0 Å². The van der Waals surface area contributed by atoms with E-state index in [-0.39, 0.29) is 34.9 Å². The van der Waals surface area contributed by atoms with Crippen LogP contribution in [0.2, 0.25) is 0 Å². The summed E-state index contributed by atoms with van der Waals surface area (Å²) >= 11 is 0. The van der Waals surface area contributed by atoms with Crippen molar-refractivity contribution in [3.05, 3.63) is 0 Å². The molecule has 0 rings (SSSR count). The zero-order valence-electron chi connectivity index (χ0n) is 14.8. The average molecular weight is 384 g/mol. The van der Waals surface area contributed by atoms with E-state index in [4.69, 9.17) is 10.2 Å². The summed E-state index contributed by atoms with van der Waals surface area (Å²) in [6, 6.07) is 0. The quantitative estimate of drug-likeness (QED) is 0.396. The van der Waals surface area contributed by atoms with Crippen molar-refractivity contribution in [1.29, 1.82) is 0 Å². The van der Waals surface area contributed by atoms with Crippen LogP contribution in [-0.4, -0.2) is 47.3 Å². The third-order valence-corrected chi connectivity index (χ3v) is 1.74. The first kappa shape index (κ1) is 30.8. The van der Waals surface area contributed by atoms with Gasteiger partial charge in [-0.15, -0.1) is 0 Å². The van der Waals surface area contributed by atoms with E-state index in [0.29, 0.717) is 32.1 Å². The number of ether oxygens (including phenoxy) is 2. The predicted molar refractivity (Wildman–Crippen MR) is 82.2 cm³/mol. The van der Waals surface area contributed by atoms with Crippen molar-refractivity contribution in [3.8, 4) is 0 Å². The molecule has 0 spiro atoms. The molecule has 0 fully saturated rings. The normalized spacial score (nSPS) is 8.25. The van der Waals surface area contributed by atoms with E-state index in [2.05, 4.69) is 9.47 Å². The van der Waals surface area contributed by atoms with Gasteiger partial charge >= 0.3 is 23.9 Å². The van der Waals surface area contributed by atoms with Crippen molar-refractivity contribution in [1.82, 2.24) is 0 Å². The van der Waals surface area contributed by atoms with E-state index in [9.17, 15) is 19.2 Å². The Bertz CT molecular complexity index is 312. The molecule has 0 aliphatic heterocycles. The number of hydrogen-bond donors (Lipinski definition) is 2. The van der Waals surface area contributed by atoms with E-state index in [1.165, 1.54) is 13.8 Å². The van der Waals surface area contributed by atoms with Gasteiger partial charge in [-0.2, -0.15) is 0 Å². The largest absolute Gasteiger partial charge is 0.396 e. The molecule has 9 heteroatoms. The van der Waals surface area contributed by atoms with Gasteiger partial charge < -0.3 is 19.7 Å². The molecule has 0 saturated heterocycles. The molecule has 8 nitrogen and oxygen atoms in total. The predicted octanol–water partition coefficient (Wildman–Crippen LogP) is 1.11. The Balaban J connectivity index is -0.000000128. The molecule has 24 heavy (non-hydrogen) atoms. The first-order valence-corrected chi connectivity index (χ1v) is 7.39. The van der Waals surface area contributed by atoms with Gasteiger partial charge in [-0.1, -0.05) is 13.8 Å². The number of carbonyl (C=O) groups excluding carboxylic acids is 4. The molecule has 0 aromatic rings. The number of hydrogen-bond acceptors (Lipinski definition) is 8. The van der Waals surface area contributed by atoms with Gasteiger partial charge in [0, 0.05) is 61.6 Å². The molecule has 0 bridgehead atoms. The van der Waals surface area contributed by atoms with Crippen LogP contribution in [0.25, 0.3) is 0 Å². The van der Waals surface area contributed by atoms with E-state index in [0.717, 1.165) is 0 Å². The van der Waals surface area contributed by atoms with Crippen LogP contribution in [0, 0.1) is 0 Å². The summed E-state index contributed by atoms with van der Waals surface area (Å²) in [5.41, 5.74) is 0. The SMILES string of the molecule is CCCC(=O)OC(C)=O.CCCC(=O)OC(C)=O.OCCCO.[Ti]. The van der Waals surface area contributed by atoms with Crippen molar-refractivity contribution in [2.45, 2.75) is 59.8 Å². The zero-order chi connectivity index (χ0) is 18.7. The molecule has 0 amide bonds. The Kier molecular flexibility index (Phi) is 31.0. The van der Waals surface area contributed by atoms with Gasteiger partial charge in [-0.3, -0.25) is 19.2 Å². The Morgan fingerprint density at radius 3 is 1.17 bits per heavy atom. The number of aliphatic hydroxyl groups is 2. The minimum atomic E-state index is -0.534. The van der Waals surface area contributed by atoms with E-state index >= 15 is 0 Å². The smallest absolute Gasteiger partial charge is 0.313 e. The molecule has 140 valence electrons. The van der Waals surface area contributed by atoms with Crippen molar-refractivity contribution < 1.29 is 60.6 Å². The van der Waals surface area contributed by atoms with Crippen molar-refractivity contribution in [2.24, 2.45) is 0 Å². The molecule has 0 aromatic carbocycles. The maximum Gasteiger partial charge on any atom is 0.313 e. The van der Waals surface area contributed by atoms with Crippen LogP contribution in [0.4, 0.5) is 0 Å². The first-order chi connectivity index (χ1) is 10.7. The molecule has 0 unspecified atom stereocenters. The van der Waals surface area contributed by atoms with Gasteiger partial charge in [0.2, 0.25) is 0 Å². The summed E-state index contributed by atoms with van der Waals surface area (Å²) in [5.74, 6) is -1.95. The fourth-order valence-corrected chi connectivity index (χ4v) is 0.902. The van der Waals surface area contributed by atoms with Crippen LogP contribution in [0.15, 0.2) is 0 Å². The van der Waals surface area contributed by atoms with Crippen LogP contribution in [0.1, 0.15) is 59.8 Å². The van der Waals surface area contributed by atoms with Gasteiger partial charge in [-0.25, -0.2) is 0 Å². The van der Waals surface area contributed by atoms with Crippen LogP contribution in [0.5, 0.6) is 0 Å². The van der Waals surface area contributed by atoms with Crippen molar-refractivity contribution >= 4 is 23.9 Å². The molecule has 0 radical (unpaired) electrons. The second-order valence-corrected chi connectivity index (χ2v) is 4.23. The summed E-state index contributed by atoms with van der Waals surface area (Å²) in [7, 11) is 0. The second-order valence-electron chi connectivity index (χ2n) is 4.23. The molecule has 2 N–H and O–H groups in total. The summed E-state index contributed by atoms with van der Waals surface area (Å²) in [4.78, 5) is 41.0. The van der Waals surface area contributed by atoms with Crippen molar-refractivity contribution in [3.63, 3.8) is 0 Å². The molecular weight excluding hydrogens is 356 g/mol. The number of aliphatic hydroxyl groups excluding tert-OH is 2. The molecule has 0 heterocycles. The fraction of sp³-hybridized carbons (Fsp3) is 0.733.